The fourth-order valence-corrected chi connectivity index (χ4v) is 2.31. The molecular weight excluding hydrogens is 252 g/mol. The molecule has 0 fully saturated rings. The van der Waals surface area contributed by atoms with Crippen molar-refractivity contribution in [2.75, 3.05) is 17.7 Å². The van der Waals surface area contributed by atoms with Crippen LogP contribution in [0.5, 0.6) is 5.75 Å². The number of nitrogens with two attached hydrogens (primary N) is 1. The number of rotatable bonds is 2. The Morgan fingerprint density at radius 3 is 2.70 bits per heavy atom. The van der Waals surface area contributed by atoms with Gasteiger partial charge in [0.25, 0.3) is 0 Å². The Kier molecular flexibility index (Phi) is 3.29. The summed E-state index contributed by atoms with van der Waals surface area (Å²) in [5, 5.41) is 2.90. The van der Waals surface area contributed by atoms with Crippen LogP contribution in [0.4, 0.5) is 11.4 Å². The number of amides is 1. The number of nitrogens with one attached hydrogen (secondary N) is 1. The Balaban J connectivity index is 1.68. The van der Waals surface area contributed by atoms with E-state index in [4.69, 9.17) is 10.5 Å². The second kappa shape index (κ2) is 5.25. The standard InChI is InChI=1S/C16H16N2O2/c17-13-5-7-14(8-6-13)18-16(19)12-9-11-3-1-2-4-15(11)20-10-12/h1-8,12H,9-10,17H2,(H,18,19). The van der Waals surface area contributed by atoms with Gasteiger partial charge in [-0.2, -0.15) is 0 Å². The smallest absolute Gasteiger partial charge is 0.231 e. The van der Waals surface area contributed by atoms with Gasteiger partial charge < -0.3 is 15.8 Å². The van der Waals surface area contributed by atoms with Gasteiger partial charge in [0, 0.05) is 11.4 Å². The molecule has 1 atom stereocenters. The van der Waals surface area contributed by atoms with Gasteiger partial charge in [-0.1, -0.05) is 18.2 Å². The Hall–Kier alpha value is -2.49. The maximum atomic E-state index is 12.2. The minimum absolute atomic E-state index is 0.0238. The summed E-state index contributed by atoms with van der Waals surface area (Å²) < 4.78 is 5.63. The fourth-order valence-electron chi connectivity index (χ4n) is 2.31. The zero-order valence-electron chi connectivity index (χ0n) is 11.0. The largest absolute Gasteiger partial charge is 0.492 e. The quantitative estimate of drug-likeness (QED) is 0.822. The molecule has 2 aromatic carbocycles. The maximum absolute atomic E-state index is 12.2. The summed E-state index contributed by atoms with van der Waals surface area (Å²) in [5.74, 6) is 0.691. The van der Waals surface area contributed by atoms with Crippen LogP contribution < -0.4 is 15.8 Å². The van der Waals surface area contributed by atoms with Crippen LogP contribution >= 0.6 is 0 Å². The Morgan fingerprint density at radius 2 is 1.90 bits per heavy atom. The molecule has 1 heterocycles. The van der Waals surface area contributed by atoms with Gasteiger partial charge >= 0.3 is 0 Å². The molecule has 3 rings (SSSR count). The van der Waals surface area contributed by atoms with Crippen molar-refractivity contribution in [1.82, 2.24) is 0 Å². The lowest BCUT2D eigenvalue weighted by Crippen LogP contribution is -2.32. The zero-order chi connectivity index (χ0) is 13.9. The molecule has 4 nitrogen and oxygen atoms in total. The number of hydrogen-bond donors (Lipinski definition) is 2. The van der Waals surface area contributed by atoms with Gasteiger partial charge in [0.15, 0.2) is 0 Å². The third-order valence-electron chi connectivity index (χ3n) is 3.43. The normalized spacial score (nSPS) is 16.9. The number of ether oxygens (including phenoxy) is 1. The molecule has 3 N–H and O–H groups in total. The summed E-state index contributed by atoms with van der Waals surface area (Å²) >= 11 is 0. The molecule has 1 amide bonds. The van der Waals surface area contributed by atoms with E-state index in [0.717, 1.165) is 17.0 Å². The molecule has 0 aromatic heterocycles. The first-order valence-corrected chi connectivity index (χ1v) is 6.59. The molecule has 0 radical (unpaired) electrons. The van der Waals surface area contributed by atoms with Crippen molar-refractivity contribution >= 4 is 17.3 Å². The van der Waals surface area contributed by atoms with E-state index in [9.17, 15) is 4.79 Å². The topological polar surface area (TPSA) is 64.3 Å². The van der Waals surface area contributed by atoms with E-state index in [-0.39, 0.29) is 11.8 Å². The predicted octanol–water partition coefficient (Wildman–Crippen LogP) is 2.46. The van der Waals surface area contributed by atoms with E-state index < -0.39 is 0 Å². The predicted molar refractivity (Wildman–Crippen MR) is 78.6 cm³/mol. The van der Waals surface area contributed by atoms with Crippen molar-refractivity contribution in [2.24, 2.45) is 5.92 Å². The minimum atomic E-state index is -0.164. The third kappa shape index (κ3) is 2.59. The lowest BCUT2D eigenvalue weighted by atomic mass is 9.96. The van der Waals surface area contributed by atoms with Crippen molar-refractivity contribution in [2.45, 2.75) is 6.42 Å². The summed E-state index contributed by atoms with van der Waals surface area (Å²) in [5.41, 5.74) is 8.13. The van der Waals surface area contributed by atoms with E-state index in [1.54, 1.807) is 24.3 Å². The second-order valence-corrected chi connectivity index (χ2v) is 4.93. The summed E-state index contributed by atoms with van der Waals surface area (Å²) in [6.45, 7) is 0.415. The highest BCUT2D eigenvalue weighted by atomic mass is 16.5. The summed E-state index contributed by atoms with van der Waals surface area (Å²) in [6, 6.07) is 15.0. The number of carbonyl (C=O) groups excluding carboxylic acids is 1. The average Bonchev–Trinajstić information content (AvgIpc) is 2.49. The number of hydrogen-bond acceptors (Lipinski definition) is 3. The highest BCUT2D eigenvalue weighted by Crippen LogP contribution is 2.27. The molecule has 1 aliphatic heterocycles. The van der Waals surface area contributed by atoms with Crippen LogP contribution in [0.1, 0.15) is 5.56 Å². The van der Waals surface area contributed by atoms with Gasteiger partial charge in [-0.25, -0.2) is 0 Å². The molecular formula is C16H16N2O2. The molecule has 4 heteroatoms. The Bertz CT molecular complexity index is 623. The van der Waals surface area contributed by atoms with E-state index in [2.05, 4.69) is 5.32 Å². The lowest BCUT2D eigenvalue weighted by Gasteiger charge is -2.24. The van der Waals surface area contributed by atoms with Crippen molar-refractivity contribution in [1.29, 1.82) is 0 Å². The van der Waals surface area contributed by atoms with Crippen LogP contribution in [0.3, 0.4) is 0 Å². The number of benzene rings is 2. The average molecular weight is 268 g/mol. The summed E-state index contributed by atoms with van der Waals surface area (Å²) in [4.78, 5) is 12.2. The number of para-hydroxylation sites is 1. The monoisotopic (exact) mass is 268 g/mol. The minimum Gasteiger partial charge on any atom is -0.492 e. The van der Waals surface area contributed by atoms with Crippen molar-refractivity contribution in [3.05, 3.63) is 54.1 Å². The van der Waals surface area contributed by atoms with E-state index in [1.807, 2.05) is 24.3 Å². The van der Waals surface area contributed by atoms with Crippen molar-refractivity contribution in [3.8, 4) is 5.75 Å². The molecule has 2 aromatic rings. The molecule has 1 unspecified atom stereocenters. The molecule has 0 spiro atoms. The van der Waals surface area contributed by atoms with Gasteiger partial charge in [0.1, 0.15) is 12.4 Å². The molecule has 0 saturated heterocycles. The molecule has 1 aliphatic rings. The SMILES string of the molecule is Nc1ccc(NC(=O)C2COc3ccccc3C2)cc1. The summed E-state index contributed by atoms with van der Waals surface area (Å²) in [6.07, 6.45) is 0.705. The van der Waals surface area contributed by atoms with Crippen LogP contribution in [0.25, 0.3) is 0 Å². The maximum Gasteiger partial charge on any atom is 0.231 e. The van der Waals surface area contributed by atoms with Crippen LogP contribution in [0.2, 0.25) is 0 Å². The molecule has 0 bridgehead atoms. The molecule has 0 aliphatic carbocycles. The van der Waals surface area contributed by atoms with Crippen LogP contribution in [-0.2, 0) is 11.2 Å². The third-order valence-corrected chi connectivity index (χ3v) is 3.43. The first kappa shape index (κ1) is 12.5. The van der Waals surface area contributed by atoms with Gasteiger partial charge in [-0.3, -0.25) is 4.79 Å². The van der Waals surface area contributed by atoms with Crippen molar-refractivity contribution < 1.29 is 9.53 Å². The van der Waals surface area contributed by atoms with Crippen LogP contribution in [0, 0.1) is 5.92 Å². The van der Waals surface area contributed by atoms with Crippen LogP contribution in [0.15, 0.2) is 48.5 Å². The lowest BCUT2D eigenvalue weighted by molar-refractivity contribution is -0.121. The first-order valence-electron chi connectivity index (χ1n) is 6.59. The van der Waals surface area contributed by atoms with Gasteiger partial charge in [0.2, 0.25) is 5.91 Å². The van der Waals surface area contributed by atoms with E-state index in [0.29, 0.717) is 18.7 Å². The Labute approximate surface area is 117 Å². The molecule has 0 saturated carbocycles. The number of anilines is 2. The van der Waals surface area contributed by atoms with Gasteiger partial charge in [-0.15, -0.1) is 0 Å². The summed E-state index contributed by atoms with van der Waals surface area (Å²) in [7, 11) is 0. The Morgan fingerprint density at radius 1 is 1.15 bits per heavy atom. The van der Waals surface area contributed by atoms with Crippen molar-refractivity contribution in [3.63, 3.8) is 0 Å². The van der Waals surface area contributed by atoms with E-state index >= 15 is 0 Å². The van der Waals surface area contributed by atoms with Gasteiger partial charge in [0.05, 0.1) is 5.92 Å². The zero-order valence-corrected chi connectivity index (χ0v) is 11.0. The highest BCUT2D eigenvalue weighted by Gasteiger charge is 2.25. The first-order chi connectivity index (χ1) is 9.72. The highest BCUT2D eigenvalue weighted by molar-refractivity contribution is 5.93. The number of fused-ring (bicyclic) bond motifs is 1. The number of nitrogen functional groups attached to an aromatic ring is 1. The number of carbonyl (C=O) groups is 1. The second-order valence-electron chi connectivity index (χ2n) is 4.93. The molecule has 20 heavy (non-hydrogen) atoms. The van der Waals surface area contributed by atoms with Crippen LogP contribution in [-0.4, -0.2) is 12.5 Å². The fraction of sp³-hybridized carbons (Fsp3) is 0.188. The molecule has 102 valence electrons. The van der Waals surface area contributed by atoms with Gasteiger partial charge in [-0.05, 0) is 42.3 Å². The van der Waals surface area contributed by atoms with E-state index in [1.165, 1.54) is 0 Å².